The van der Waals surface area contributed by atoms with Crippen molar-refractivity contribution in [2.45, 2.75) is 26.8 Å². The van der Waals surface area contributed by atoms with E-state index in [0.717, 1.165) is 17.7 Å². The van der Waals surface area contributed by atoms with E-state index in [1.807, 2.05) is 43.9 Å². The normalized spacial score (nSPS) is 17.9. The van der Waals surface area contributed by atoms with Gasteiger partial charge in [0.2, 0.25) is 5.91 Å². The van der Waals surface area contributed by atoms with Gasteiger partial charge in [0.1, 0.15) is 0 Å². The van der Waals surface area contributed by atoms with Crippen LogP contribution in [0.15, 0.2) is 18.2 Å². The fourth-order valence-corrected chi connectivity index (χ4v) is 2.29. The van der Waals surface area contributed by atoms with Crippen LogP contribution in [0.25, 0.3) is 0 Å². The number of carbonyl (C=O) groups is 2. The maximum Gasteiger partial charge on any atom is 0.234 e. The van der Waals surface area contributed by atoms with Crippen LogP contribution in [0.4, 0.5) is 0 Å². The van der Waals surface area contributed by atoms with E-state index in [1.54, 1.807) is 0 Å². The van der Waals surface area contributed by atoms with Gasteiger partial charge in [-0.15, -0.1) is 0 Å². The van der Waals surface area contributed by atoms with Gasteiger partial charge in [-0.2, -0.15) is 0 Å². The fourth-order valence-electron chi connectivity index (χ4n) is 2.29. The van der Waals surface area contributed by atoms with Crippen LogP contribution in [-0.4, -0.2) is 42.3 Å². The second kappa shape index (κ2) is 5.53. The number of nitrogens with one attached hydrogen (secondary N) is 1. The molecule has 1 aliphatic rings. The average molecular weight is 260 g/mol. The molecule has 0 spiro atoms. The molecule has 0 bridgehead atoms. The van der Waals surface area contributed by atoms with Gasteiger partial charge in [0.25, 0.3) is 0 Å². The highest BCUT2D eigenvalue weighted by atomic mass is 16.2. The van der Waals surface area contributed by atoms with Crippen LogP contribution in [-0.2, 0) is 4.79 Å². The monoisotopic (exact) mass is 260 g/mol. The molecule has 1 aromatic rings. The minimum absolute atomic E-state index is 0.00835. The first-order valence-electron chi connectivity index (χ1n) is 6.61. The topological polar surface area (TPSA) is 49.4 Å². The Hall–Kier alpha value is -1.68. The van der Waals surface area contributed by atoms with Crippen LogP contribution in [0.3, 0.4) is 0 Å². The number of rotatable bonds is 3. The van der Waals surface area contributed by atoms with Crippen molar-refractivity contribution < 1.29 is 9.59 Å². The molecule has 0 aromatic heterocycles. The number of carbonyl (C=O) groups excluding carboxylic acids is 2. The van der Waals surface area contributed by atoms with Crippen LogP contribution >= 0.6 is 0 Å². The largest absolute Gasteiger partial charge is 0.354 e. The lowest BCUT2D eigenvalue weighted by Crippen LogP contribution is -2.52. The average Bonchev–Trinajstić information content (AvgIpc) is 2.40. The smallest absolute Gasteiger partial charge is 0.234 e. The van der Waals surface area contributed by atoms with Gasteiger partial charge >= 0.3 is 0 Å². The summed E-state index contributed by atoms with van der Waals surface area (Å²) in [7, 11) is 0. The third kappa shape index (κ3) is 3.01. The van der Waals surface area contributed by atoms with E-state index in [0.29, 0.717) is 13.1 Å². The summed E-state index contributed by atoms with van der Waals surface area (Å²) in [6.07, 6.45) is 0. The molecule has 1 aromatic carbocycles. The lowest BCUT2D eigenvalue weighted by atomic mass is 9.99. The van der Waals surface area contributed by atoms with Crippen LogP contribution in [0.5, 0.6) is 0 Å². The first kappa shape index (κ1) is 13.7. The van der Waals surface area contributed by atoms with Crippen molar-refractivity contribution in [3.05, 3.63) is 34.9 Å². The molecule has 1 unspecified atom stereocenters. The van der Waals surface area contributed by atoms with Crippen molar-refractivity contribution in [3.63, 3.8) is 0 Å². The summed E-state index contributed by atoms with van der Waals surface area (Å²) in [5.74, 6) is 0.0730. The Kier molecular flexibility index (Phi) is 4.00. The maximum atomic E-state index is 12.4. The van der Waals surface area contributed by atoms with Gasteiger partial charge in [-0.05, 0) is 38.0 Å². The number of nitrogens with zero attached hydrogens (tertiary/aromatic N) is 1. The Morgan fingerprint density at radius 2 is 2.05 bits per heavy atom. The maximum absolute atomic E-state index is 12.4. The van der Waals surface area contributed by atoms with Crippen molar-refractivity contribution in [2.24, 2.45) is 0 Å². The predicted molar refractivity (Wildman–Crippen MR) is 74.3 cm³/mol. The van der Waals surface area contributed by atoms with E-state index in [2.05, 4.69) is 5.32 Å². The number of benzene rings is 1. The van der Waals surface area contributed by atoms with E-state index < -0.39 is 0 Å². The zero-order valence-corrected chi connectivity index (χ0v) is 11.7. The van der Waals surface area contributed by atoms with Gasteiger partial charge < -0.3 is 5.32 Å². The molecule has 2 rings (SSSR count). The van der Waals surface area contributed by atoms with Gasteiger partial charge in [-0.3, -0.25) is 14.5 Å². The lowest BCUT2D eigenvalue weighted by molar-refractivity contribution is -0.124. The predicted octanol–water partition coefficient (Wildman–Crippen LogP) is 1.31. The number of aryl methyl sites for hydroxylation is 2. The number of hydrogen-bond donors (Lipinski definition) is 1. The molecule has 102 valence electrons. The lowest BCUT2D eigenvalue weighted by Gasteiger charge is -2.31. The van der Waals surface area contributed by atoms with Crippen molar-refractivity contribution in [2.75, 3.05) is 19.6 Å². The van der Waals surface area contributed by atoms with Crippen LogP contribution in [0, 0.1) is 13.8 Å². The third-order valence-electron chi connectivity index (χ3n) is 3.79. The van der Waals surface area contributed by atoms with Gasteiger partial charge in [0.05, 0.1) is 12.6 Å². The third-order valence-corrected chi connectivity index (χ3v) is 3.79. The molecule has 0 saturated carbocycles. The van der Waals surface area contributed by atoms with Crippen molar-refractivity contribution in [3.8, 4) is 0 Å². The van der Waals surface area contributed by atoms with E-state index in [4.69, 9.17) is 0 Å². The summed E-state index contributed by atoms with van der Waals surface area (Å²) in [6.45, 7) is 7.55. The Balaban J connectivity index is 2.13. The highest BCUT2D eigenvalue weighted by molar-refractivity contribution is 6.00. The second-order valence-electron chi connectivity index (χ2n) is 5.16. The number of hydrogen-bond acceptors (Lipinski definition) is 3. The number of piperazine rings is 1. The van der Waals surface area contributed by atoms with Gasteiger partial charge in [0, 0.05) is 18.7 Å². The van der Waals surface area contributed by atoms with Crippen LogP contribution in [0.1, 0.15) is 28.4 Å². The molecule has 1 N–H and O–H groups in total. The summed E-state index contributed by atoms with van der Waals surface area (Å²) >= 11 is 0. The molecule has 0 radical (unpaired) electrons. The van der Waals surface area contributed by atoms with Crippen LogP contribution < -0.4 is 5.32 Å². The minimum Gasteiger partial charge on any atom is -0.354 e. The molecule has 1 fully saturated rings. The second-order valence-corrected chi connectivity index (χ2v) is 5.16. The quantitative estimate of drug-likeness (QED) is 0.834. The molecule has 1 saturated heterocycles. The highest BCUT2D eigenvalue weighted by Crippen LogP contribution is 2.14. The first-order chi connectivity index (χ1) is 8.99. The standard InChI is InChI=1S/C15H20N2O2/c1-10-4-5-13(8-11(10)2)15(19)12(3)17-7-6-16-14(18)9-17/h4-5,8,12H,6-7,9H2,1-3H3,(H,16,18). The summed E-state index contributed by atoms with van der Waals surface area (Å²) in [5, 5.41) is 2.77. The molecule has 0 aliphatic carbocycles. The number of amides is 1. The minimum atomic E-state index is -0.256. The van der Waals surface area contributed by atoms with Crippen molar-refractivity contribution in [1.29, 1.82) is 0 Å². The van der Waals surface area contributed by atoms with E-state index in [-0.39, 0.29) is 17.7 Å². The molecule has 1 heterocycles. The summed E-state index contributed by atoms with van der Waals surface area (Å²) in [6, 6.07) is 5.51. The zero-order valence-electron chi connectivity index (χ0n) is 11.7. The zero-order chi connectivity index (χ0) is 14.0. The van der Waals surface area contributed by atoms with Gasteiger partial charge in [-0.1, -0.05) is 12.1 Å². The van der Waals surface area contributed by atoms with E-state index >= 15 is 0 Å². The summed E-state index contributed by atoms with van der Waals surface area (Å²) in [4.78, 5) is 25.7. The molecule has 4 heteroatoms. The summed E-state index contributed by atoms with van der Waals surface area (Å²) < 4.78 is 0. The fraction of sp³-hybridized carbons (Fsp3) is 0.467. The molecule has 4 nitrogen and oxygen atoms in total. The van der Waals surface area contributed by atoms with Gasteiger partial charge in [-0.25, -0.2) is 0 Å². The van der Waals surface area contributed by atoms with Crippen molar-refractivity contribution in [1.82, 2.24) is 10.2 Å². The Morgan fingerprint density at radius 1 is 1.32 bits per heavy atom. The van der Waals surface area contributed by atoms with Crippen molar-refractivity contribution >= 4 is 11.7 Å². The molecule has 1 amide bonds. The highest BCUT2D eigenvalue weighted by Gasteiger charge is 2.26. The number of ketones is 1. The Labute approximate surface area is 113 Å². The van der Waals surface area contributed by atoms with E-state index in [1.165, 1.54) is 5.56 Å². The molecule has 1 aliphatic heterocycles. The molecule has 19 heavy (non-hydrogen) atoms. The number of Topliss-reactive ketones (excluding diaryl/α,β-unsaturated/α-hetero) is 1. The SMILES string of the molecule is Cc1ccc(C(=O)C(C)N2CCNC(=O)C2)cc1C. The van der Waals surface area contributed by atoms with Crippen LogP contribution in [0.2, 0.25) is 0 Å². The molecular weight excluding hydrogens is 240 g/mol. The van der Waals surface area contributed by atoms with E-state index in [9.17, 15) is 9.59 Å². The molecule has 1 atom stereocenters. The van der Waals surface area contributed by atoms with Gasteiger partial charge in [0.15, 0.2) is 5.78 Å². The summed E-state index contributed by atoms with van der Waals surface area (Å²) in [5.41, 5.74) is 3.03. The molecular formula is C15H20N2O2. The Bertz CT molecular complexity index is 511. The Morgan fingerprint density at radius 3 is 2.68 bits per heavy atom. The first-order valence-corrected chi connectivity index (χ1v) is 6.61.